The summed E-state index contributed by atoms with van der Waals surface area (Å²) in [4.78, 5) is 0. The van der Waals surface area contributed by atoms with Gasteiger partial charge < -0.3 is 14.0 Å². The van der Waals surface area contributed by atoms with Crippen LogP contribution in [0.3, 0.4) is 0 Å². The molecule has 2 aromatic rings. The standard InChI is InChI=1S/C18H28O3S.C4H4S/c1-3-4-5-6-7-8-11-22(19)15(2)12-16-9-10-17-18(13-16)21-14-20-17;1-2-4-5-3-1/h9-10,13,15H,3-8,11-12,14H2,1-2H3;1-4H. The van der Waals surface area contributed by atoms with Gasteiger partial charge >= 0.3 is 0 Å². The van der Waals surface area contributed by atoms with E-state index in [1.165, 1.54) is 37.7 Å². The fourth-order valence-electron chi connectivity index (χ4n) is 2.95. The molecule has 0 radical (unpaired) electrons. The van der Waals surface area contributed by atoms with Gasteiger partial charge in [0.15, 0.2) is 11.5 Å². The summed E-state index contributed by atoms with van der Waals surface area (Å²) in [5.74, 6) is 2.45. The summed E-state index contributed by atoms with van der Waals surface area (Å²) in [7, 11) is 0. The van der Waals surface area contributed by atoms with Crippen molar-refractivity contribution in [2.45, 2.75) is 64.0 Å². The Bertz CT molecular complexity index is 599. The maximum Gasteiger partial charge on any atom is 0.231 e. The Hall–Kier alpha value is -1.17. The van der Waals surface area contributed by atoms with Gasteiger partial charge in [0.05, 0.1) is 0 Å². The Morgan fingerprint density at radius 2 is 1.74 bits per heavy atom. The first kappa shape index (κ1) is 22.1. The predicted molar refractivity (Wildman–Crippen MR) is 116 cm³/mol. The minimum atomic E-state index is -0.743. The molecule has 150 valence electrons. The summed E-state index contributed by atoms with van der Waals surface area (Å²) in [6.45, 7) is 4.61. The van der Waals surface area contributed by atoms with E-state index in [0.29, 0.717) is 6.79 Å². The molecule has 0 spiro atoms. The molecule has 3 nitrogen and oxygen atoms in total. The summed E-state index contributed by atoms with van der Waals surface area (Å²) in [6.07, 6.45) is 8.32. The maximum absolute atomic E-state index is 12.3. The van der Waals surface area contributed by atoms with Crippen LogP contribution in [0.2, 0.25) is 0 Å². The summed E-state index contributed by atoms with van der Waals surface area (Å²) in [5.41, 5.74) is 1.17. The highest BCUT2D eigenvalue weighted by molar-refractivity contribution is 7.91. The lowest BCUT2D eigenvalue weighted by Crippen LogP contribution is -2.23. The largest absolute Gasteiger partial charge is 0.616 e. The highest BCUT2D eigenvalue weighted by Gasteiger charge is 2.19. The quantitative estimate of drug-likeness (QED) is 0.347. The van der Waals surface area contributed by atoms with E-state index in [0.717, 1.165) is 30.1 Å². The van der Waals surface area contributed by atoms with E-state index >= 15 is 0 Å². The second-order valence-corrected chi connectivity index (χ2v) is 9.64. The normalized spacial score (nSPS) is 14.3. The molecule has 0 aliphatic carbocycles. The summed E-state index contributed by atoms with van der Waals surface area (Å²) >= 11 is 0.970. The smallest absolute Gasteiger partial charge is 0.231 e. The van der Waals surface area contributed by atoms with Crippen LogP contribution in [0.1, 0.15) is 57.9 Å². The number of fused-ring (bicyclic) bond motifs is 1. The first-order valence-corrected chi connectivity index (χ1v) is 12.3. The molecule has 5 heteroatoms. The van der Waals surface area contributed by atoms with Gasteiger partial charge in [-0.05, 0) is 48.2 Å². The zero-order valence-corrected chi connectivity index (χ0v) is 18.2. The zero-order valence-electron chi connectivity index (χ0n) is 16.5. The van der Waals surface area contributed by atoms with Crippen LogP contribution in [0.15, 0.2) is 41.1 Å². The third kappa shape index (κ3) is 8.58. The van der Waals surface area contributed by atoms with Crippen LogP contribution in [-0.4, -0.2) is 22.3 Å². The van der Waals surface area contributed by atoms with Gasteiger partial charge in [-0.2, -0.15) is 11.3 Å². The van der Waals surface area contributed by atoms with Crippen molar-refractivity contribution in [2.75, 3.05) is 12.5 Å². The Labute approximate surface area is 171 Å². The van der Waals surface area contributed by atoms with E-state index in [-0.39, 0.29) is 5.25 Å². The molecule has 2 heterocycles. The van der Waals surface area contributed by atoms with Gasteiger partial charge in [-0.15, -0.1) is 0 Å². The average Bonchev–Trinajstić information content (AvgIpc) is 3.38. The molecule has 3 rings (SSSR count). The fourth-order valence-corrected chi connectivity index (χ4v) is 4.67. The van der Waals surface area contributed by atoms with Crippen LogP contribution in [0.25, 0.3) is 0 Å². The molecule has 1 aliphatic rings. The van der Waals surface area contributed by atoms with E-state index in [1.807, 2.05) is 41.1 Å². The highest BCUT2D eigenvalue weighted by atomic mass is 32.2. The molecule has 1 aliphatic heterocycles. The molecular formula is C22H32O3S2. The highest BCUT2D eigenvalue weighted by Crippen LogP contribution is 2.33. The lowest BCUT2D eigenvalue weighted by Gasteiger charge is -2.18. The van der Waals surface area contributed by atoms with Gasteiger partial charge in [-0.25, -0.2) is 0 Å². The summed E-state index contributed by atoms with van der Waals surface area (Å²) in [5, 5.41) is 4.27. The first-order valence-electron chi connectivity index (χ1n) is 9.93. The van der Waals surface area contributed by atoms with E-state index in [4.69, 9.17) is 9.47 Å². The van der Waals surface area contributed by atoms with E-state index < -0.39 is 11.2 Å². The second-order valence-electron chi connectivity index (χ2n) is 6.85. The van der Waals surface area contributed by atoms with Crippen molar-refractivity contribution in [3.8, 4) is 11.5 Å². The van der Waals surface area contributed by atoms with E-state index in [1.54, 1.807) is 11.3 Å². The lowest BCUT2D eigenvalue weighted by atomic mass is 10.1. The number of unbranched alkanes of at least 4 members (excludes halogenated alkanes) is 5. The molecular weight excluding hydrogens is 376 g/mol. The molecule has 2 unspecified atom stereocenters. The third-order valence-corrected chi connectivity index (χ3v) is 6.92. The summed E-state index contributed by atoms with van der Waals surface area (Å²) < 4.78 is 23.0. The van der Waals surface area contributed by atoms with Gasteiger partial charge in [-0.3, -0.25) is 0 Å². The van der Waals surface area contributed by atoms with Crippen LogP contribution in [0.4, 0.5) is 0 Å². The van der Waals surface area contributed by atoms with Gasteiger partial charge in [0.25, 0.3) is 0 Å². The molecule has 0 saturated carbocycles. The van der Waals surface area contributed by atoms with Crippen LogP contribution in [0.5, 0.6) is 11.5 Å². The molecule has 0 bridgehead atoms. The SMILES string of the molecule is CCCCCCCC[S+]([O-])C(C)Cc1ccc2c(c1)OCO2.c1ccsc1. The van der Waals surface area contributed by atoms with Gasteiger partial charge in [0.2, 0.25) is 6.79 Å². The van der Waals surface area contributed by atoms with Crippen molar-refractivity contribution in [3.05, 3.63) is 46.7 Å². The molecule has 0 amide bonds. The van der Waals surface area contributed by atoms with Crippen LogP contribution >= 0.6 is 11.3 Å². The first-order chi connectivity index (χ1) is 13.2. The fraction of sp³-hybridized carbons (Fsp3) is 0.545. The van der Waals surface area contributed by atoms with Crippen molar-refractivity contribution in [1.82, 2.24) is 0 Å². The Kier molecular flexibility index (Phi) is 10.7. The number of ether oxygens (including phenoxy) is 2. The minimum Gasteiger partial charge on any atom is -0.616 e. The Morgan fingerprint density at radius 1 is 1.04 bits per heavy atom. The lowest BCUT2D eigenvalue weighted by molar-refractivity contribution is 0.174. The van der Waals surface area contributed by atoms with Gasteiger partial charge in [0.1, 0.15) is 11.0 Å². The van der Waals surface area contributed by atoms with Crippen molar-refractivity contribution in [3.63, 3.8) is 0 Å². The van der Waals surface area contributed by atoms with Crippen molar-refractivity contribution >= 4 is 22.5 Å². The van der Waals surface area contributed by atoms with Crippen LogP contribution in [0, 0.1) is 0 Å². The molecule has 0 fully saturated rings. The third-order valence-electron chi connectivity index (χ3n) is 4.53. The van der Waals surface area contributed by atoms with Crippen molar-refractivity contribution in [1.29, 1.82) is 0 Å². The molecule has 1 aromatic carbocycles. The number of thiophene rings is 1. The number of hydrogen-bond acceptors (Lipinski definition) is 4. The second kappa shape index (κ2) is 13.1. The molecule has 27 heavy (non-hydrogen) atoms. The monoisotopic (exact) mass is 408 g/mol. The van der Waals surface area contributed by atoms with E-state index in [9.17, 15) is 4.55 Å². The molecule has 0 N–H and O–H groups in total. The van der Waals surface area contributed by atoms with E-state index in [2.05, 4.69) is 13.8 Å². The molecule has 0 saturated heterocycles. The van der Waals surface area contributed by atoms with Crippen molar-refractivity contribution < 1.29 is 14.0 Å². The zero-order chi connectivity index (χ0) is 19.3. The number of benzene rings is 1. The Morgan fingerprint density at radius 3 is 2.44 bits per heavy atom. The Balaban J connectivity index is 0.000000451. The van der Waals surface area contributed by atoms with Gasteiger partial charge in [0, 0.05) is 6.42 Å². The average molecular weight is 409 g/mol. The minimum absolute atomic E-state index is 0.191. The molecule has 1 aromatic heterocycles. The predicted octanol–water partition coefficient (Wildman–Crippen LogP) is 6.20. The topological polar surface area (TPSA) is 41.5 Å². The van der Waals surface area contributed by atoms with Crippen LogP contribution < -0.4 is 9.47 Å². The van der Waals surface area contributed by atoms with Gasteiger partial charge in [-0.1, -0.05) is 62.0 Å². The van der Waals surface area contributed by atoms with Crippen LogP contribution in [-0.2, 0) is 17.6 Å². The van der Waals surface area contributed by atoms with Crippen molar-refractivity contribution in [2.24, 2.45) is 0 Å². The molecule has 2 atom stereocenters. The number of hydrogen-bond donors (Lipinski definition) is 0. The number of rotatable bonds is 10. The summed E-state index contributed by atoms with van der Waals surface area (Å²) in [6, 6.07) is 10.0. The maximum atomic E-state index is 12.3.